The Kier molecular flexibility index (Phi) is 67.5. The van der Waals surface area contributed by atoms with E-state index in [0.29, 0.717) is 25.7 Å². The number of phosphoric acid groups is 2. The largest absolute Gasteiger partial charge is 0.472 e. The van der Waals surface area contributed by atoms with E-state index < -0.39 is 97.5 Å². The van der Waals surface area contributed by atoms with E-state index in [2.05, 4.69) is 65.8 Å². The van der Waals surface area contributed by atoms with Crippen molar-refractivity contribution in [2.75, 3.05) is 39.6 Å². The molecule has 0 heterocycles. The van der Waals surface area contributed by atoms with Gasteiger partial charge in [0, 0.05) is 25.7 Å². The maximum absolute atomic E-state index is 13.1. The summed E-state index contributed by atoms with van der Waals surface area (Å²) >= 11 is 0. The molecule has 3 unspecified atom stereocenters. The lowest BCUT2D eigenvalue weighted by Gasteiger charge is -2.21. The monoisotopic (exact) mass is 1420 g/mol. The lowest BCUT2D eigenvalue weighted by atomic mass is 9.99. The molecule has 6 atom stereocenters. The van der Waals surface area contributed by atoms with Crippen LogP contribution in [0.5, 0.6) is 0 Å². The Morgan fingerprint density at radius 2 is 0.608 bits per heavy atom. The minimum atomic E-state index is -4.97. The molecular weight excluding hydrogens is 1270 g/mol. The van der Waals surface area contributed by atoms with Gasteiger partial charge in [-0.2, -0.15) is 0 Å². The van der Waals surface area contributed by atoms with Crippen molar-refractivity contribution in [3.05, 3.63) is 24.3 Å². The Hall–Kier alpha value is -2.46. The molecule has 0 radical (unpaired) electrons. The van der Waals surface area contributed by atoms with Crippen LogP contribution in [-0.2, 0) is 65.4 Å². The number of phosphoric ester groups is 2. The molecule has 0 aliphatic heterocycles. The first-order valence-corrected chi connectivity index (χ1v) is 42.8. The molecule has 0 aromatic heterocycles. The molecule has 0 bridgehead atoms. The summed E-state index contributed by atoms with van der Waals surface area (Å²) in [6.45, 7) is 9.56. The van der Waals surface area contributed by atoms with Crippen LogP contribution in [0.2, 0.25) is 0 Å². The number of aliphatic hydroxyl groups is 1. The summed E-state index contributed by atoms with van der Waals surface area (Å²) in [5, 5.41) is 10.6. The molecule has 572 valence electrons. The average molecular weight is 1420 g/mol. The molecule has 0 fully saturated rings. The number of ether oxygens (including phenoxy) is 4. The number of unbranched alkanes of at least 4 members (excludes halogenated alkanes) is 41. The van der Waals surface area contributed by atoms with Crippen LogP contribution in [0, 0.1) is 11.8 Å². The summed E-state index contributed by atoms with van der Waals surface area (Å²) in [7, 11) is -9.93. The summed E-state index contributed by atoms with van der Waals surface area (Å²) in [6, 6.07) is 0. The summed E-state index contributed by atoms with van der Waals surface area (Å²) in [5.74, 6) is -0.569. The highest BCUT2D eigenvalue weighted by molar-refractivity contribution is 7.47. The number of carbonyl (C=O) groups is 4. The molecule has 0 aliphatic carbocycles. The second-order valence-electron chi connectivity index (χ2n) is 28.1. The summed E-state index contributed by atoms with van der Waals surface area (Å²) in [5.41, 5.74) is 0. The number of hydrogen-bond acceptors (Lipinski definition) is 15. The molecule has 0 saturated carbocycles. The van der Waals surface area contributed by atoms with Gasteiger partial charge in [-0.25, -0.2) is 9.13 Å². The molecule has 0 rings (SSSR count). The van der Waals surface area contributed by atoms with E-state index in [9.17, 15) is 43.2 Å². The molecule has 3 N–H and O–H groups in total. The third-order valence-corrected chi connectivity index (χ3v) is 19.8. The lowest BCUT2D eigenvalue weighted by molar-refractivity contribution is -0.161. The van der Waals surface area contributed by atoms with Gasteiger partial charge in [0.2, 0.25) is 0 Å². The lowest BCUT2D eigenvalue weighted by Crippen LogP contribution is -2.30. The Morgan fingerprint density at radius 3 is 0.928 bits per heavy atom. The third-order valence-electron chi connectivity index (χ3n) is 17.9. The van der Waals surface area contributed by atoms with Crippen molar-refractivity contribution in [1.82, 2.24) is 0 Å². The minimum absolute atomic E-state index is 0.101. The normalized spacial score (nSPS) is 14.4. The number of hydrogen-bond donors (Lipinski definition) is 3. The zero-order valence-electron chi connectivity index (χ0n) is 62.9. The van der Waals surface area contributed by atoms with Crippen LogP contribution < -0.4 is 0 Å². The highest BCUT2D eigenvalue weighted by Crippen LogP contribution is 2.45. The minimum Gasteiger partial charge on any atom is -0.462 e. The van der Waals surface area contributed by atoms with Gasteiger partial charge in [0.05, 0.1) is 26.4 Å². The smallest absolute Gasteiger partial charge is 0.462 e. The van der Waals surface area contributed by atoms with E-state index in [0.717, 1.165) is 121 Å². The van der Waals surface area contributed by atoms with Crippen LogP contribution in [0.4, 0.5) is 0 Å². The van der Waals surface area contributed by atoms with Crippen molar-refractivity contribution in [3.63, 3.8) is 0 Å². The second-order valence-corrected chi connectivity index (χ2v) is 31.0. The standard InChI is InChI=1S/C78H148O17P2/c1-7-10-12-14-16-18-20-21-24-28-32-36-43-49-55-61-76(81)89-66-73(94-77(82)62-56-50-44-37-33-29-26-23-22-25-27-31-34-40-46-52-58-70(4)5)68-92-96(84,85)90-64-72(79)65-91-97(86,87)93-69-74(67-88-75(80)60-54-48-42-35-30-19-17-15-13-11-8-2)95-78(83)63-57-51-45-39-38-41-47-53-59-71(6)9-3/h18,20-21,24,70-74,79H,7-17,19,22-23,25-69H2,1-6H3,(H,84,85)(H,86,87)/b20-18-,24-21-/t71?,72-,73-,74-/m1/s1. The fourth-order valence-electron chi connectivity index (χ4n) is 11.4. The molecule has 0 aromatic rings. The van der Waals surface area contributed by atoms with Gasteiger partial charge >= 0.3 is 39.5 Å². The first-order chi connectivity index (χ1) is 46.9. The van der Waals surface area contributed by atoms with Crippen molar-refractivity contribution < 1.29 is 80.2 Å². The molecular formula is C78H148O17P2. The molecule has 0 aliphatic rings. The van der Waals surface area contributed by atoms with Crippen molar-refractivity contribution >= 4 is 39.5 Å². The predicted octanol–water partition coefficient (Wildman–Crippen LogP) is 22.7. The molecule has 17 nitrogen and oxygen atoms in total. The molecule has 0 amide bonds. The van der Waals surface area contributed by atoms with Crippen molar-refractivity contribution in [2.24, 2.45) is 11.8 Å². The van der Waals surface area contributed by atoms with Crippen LogP contribution in [0.1, 0.15) is 382 Å². The Bertz CT molecular complexity index is 1970. The Labute approximate surface area is 592 Å². The first-order valence-electron chi connectivity index (χ1n) is 39.8. The van der Waals surface area contributed by atoms with E-state index in [1.165, 1.54) is 180 Å². The van der Waals surface area contributed by atoms with Gasteiger partial charge in [0.25, 0.3) is 0 Å². The van der Waals surface area contributed by atoms with Crippen molar-refractivity contribution in [1.29, 1.82) is 0 Å². The van der Waals surface area contributed by atoms with Gasteiger partial charge in [-0.05, 0) is 63.2 Å². The van der Waals surface area contributed by atoms with Crippen LogP contribution in [-0.4, -0.2) is 96.7 Å². The van der Waals surface area contributed by atoms with E-state index in [4.69, 9.17) is 37.0 Å². The zero-order chi connectivity index (χ0) is 71.4. The fraction of sp³-hybridized carbons (Fsp3) is 0.897. The van der Waals surface area contributed by atoms with Crippen LogP contribution in [0.15, 0.2) is 24.3 Å². The highest BCUT2D eigenvalue weighted by atomic mass is 31.2. The number of allylic oxidation sites excluding steroid dienone is 4. The molecule has 0 spiro atoms. The maximum atomic E-state index is 13.1. The zero-order valence-corrected chi connectivity index (χ0v) is 64.7. The number of aliphatic hydroxyl groups excluding tert-OH is 1. The second kappa shape index (κ2) is 69.3. The fourth-order valence-corrected chi connectivity index (χ4v) is 13.0. The summed E-state index contributed by atoms with van der Waals surface area (Å²) in [4.78, 5) is 72.9. The van der Waals surface area contributed by atoms with Crippen LogP contribution in [0.3, 0.4) is 0 Å². The molecule has 0 aromatic carbocycles. The number of rotatable bonds is 75. The van der Waals surface area contributed by atoms with Crippen LogP contribution >= 0.6 is 15.6 Å². The average Bonchev–Trinajstić information content (AvgIpc) is 1.24. The quantitative estimate of drug-likeness (QED) is 0.0169. The van der Waals surface area contributed by atoms with Gasteiger partial charge in [0.1, 0.15) is 19.3 Å². The number of carbonyl (C=O) groups excluding carboxylic acids is 4. The van der Waals surface area contributed by atoms with Crippen molar-refractivity contribution in [2.45, 2.75) is 400 Å². The SMILES string of the molecule is CCCCCC/C=C\C=C/CCCCCCCC(=O)OC[C@H](COP(=O)(O)OC[C@@H](O)COP(=O)(O)OC[C@@H](COC(=O)CCCCCCCCCCCCC)OC(=O)CCCCCCCCCCC(C)CC)OC(=O)CCCCCCCCCCCCCCCCCCC(C)C. The molecule has 19 heteroatoms. The van der Waals surface area contributed by atoms with Crippen molar-refractivity contribution in [3.8, 4) is 0 Å². The van der Waals surface area contributed by atoms with Gasteiger partial charge in [-0.15, -0.1) is 0 Å². The van der Waals surface area contributed by atoms with E-state index in [1.807, 2.05) is 0 Å². The summed E-state index contributed by atoms with van der Waals surface area (Å²) < 4.78 is 68.5. The molecule has 0 saturated heterocycles. The molecule has 97 heavy (non-hydrogen) atoms. The van der Waals surface area contributed by atoms with Gasteiger partial charge in [0.15, 0.2) is 12.2 Å². The third kappa shape index (κ3) is 70.4. The first kappa shape index (κ1) is 94.5. The van der Waals surface area contributed by atoms with E-state index in [1.54, 1.807) is 0 Å². The topological polar surface area (TPSA) is 237 Å². The number of esters is 4. The van der Waals surface area contributed by atoms with Crippen LogP contribution in [0.25, 0.3) is 0 Å². The van der Waals surface area contributed by atoms with Gasteiger partial charge in [-0.1, -0.05) is 329 Å². The van der Waals surface area contributed by atoms with Gasteiger partial charge in [-0.3, -0.25) is 37.3 Å². The highest BCUT2D eigenvalue weighted by Gasteiger charge is 2.30. The van der Waals surface area contributed by atoms with Gasteiger partial charge < -0.3 is 33.8 Å². The Balaban J connectivity index is 5.28. The van der Waals surface area contributed by atoms with E-state index >= 15 is 0 Å². The van der Waals surface area contributed by atoms with E-state index in [-0.39, 0.29) is 25.7 Å². The maximum Gasteiger partial charge on any atom is 0.472 e. The summed E-state index contributed by atoms with van der Waals surface area (Å²) in [6.07, 6.45) is 60.4. The predicted molar refractivity (Wildman–Crippen MR) is 395 cm³/mol. The Morgan fingerprint density at radius 1 is 0.340 bits per heavy atom.